The SMILES string of the molecule is CC(C)c1nc(C2CCCN(C(=O)C3CC3c3cnn(C)c3)C2)no1. The highest BCUT2D eigenvalue weighted by atomic mass is 16.5. The van der Waals surface area contributed by atoms with E-state index in [-0.39, 0.29) is 23.7 Å². The lowest BCUT2D eigenvalue weighted by Gasteiger charge is -2.31. The Balaban J connectivity index is 1.40. The van der Waals surface area contributed by atoms with Gasteiger partial charge in [0, 0.05) is 44.1 Å². The van der Waals surface area contributed by atoms with E-state index in [1.807, 2.05) is 38.2 Å². The molecule has 1 saturated heterocycles. The summed E-state index contributed by atoms with van der Waals surface area (Å²) in [6.07, 6.45) is 6.84. The molecule has 1 aliphatic heterocycles. The zero-order valence-electron chi connectivity index (χ0n) is 15.1. The van der Waals surface area contributed by atoms with Crippen LogP contribution in [0, 0.1) is 5.92 Å². The maximum Gasteiger partial charge on any atom is 0.229 e. The molecular formula is C18H25N5O2. The highest BCUT2D eigenvalue weighted by molar-refractivity contribution is 5.83. The van der Waals surface area contributed by atoms with Crippen molar-refractivity contribution in [3.05, 3.63) is 29.7 Å². The van der Waals surface area contributed by atoms with Crippen molar-refractivity contribution in [2.45, 2.75) is 50.9 Å². The van der Waals surface area contributed by atoms with Gasteiger partial charge in [-0.05, 0) is 30.7 Å². The van der Waals surface area contributed by atoms with Gasteiger partial charge in [0.1, 0.15) is 0 Å². The van der Waals surface area contributed by atoms with Gasteiger partial charge >= 0.3 is 0 Å². The van der Waals surface area contributed by atoms with Crippen LogP contribution < -0.4 is 0 Å². The van der Waals surface area contributed by atoms with Crippen molar-refractivity contribution in [1.82, 2.24) is 24.8 Å². The predicted molar refractivity (Wildman–Crippen MR) is 91.0 cm³/mol. The van der Waals surface area contributed by atoms with Crippen molar-refractivity contribution in [2.24, 2.45) is 13.0 Å². The fraction of sp³-hybridized carbons (Fsp3) is 0.667. The molecule has 4 rings (SSSR count). The minimum absolute atomic E-state index is 0.111. The number of hydrogen-bond donors (Lipinski definition) is 0. The van der Waals surface area contributed by atoms with E-state index < -0.39 is 0 Å². The van der Waals surface area contributed by atoms with Crippen molar-refractivity contribution < 1.29 is 9.32 Å². The molecule has 2 aliphatic rings. The second kappa shape index (κ2) is 6.28. The van der Waals surface area contributed by atoms with Gasteiger partial charge in [0.05, 0.1) is 6.20 Å². The van der Waals surface area contributed by atoms with Crippen LogP contribution in [0.15, 0.2) is 16.9 Å². The lowest BCUT2D eigenvalue weighted by atomic mass is 9.96. The van der Waals surface area contributed by atoms with E-state index in [2.05, 4.69) is 15.2 Å². The average molecular weight is 343 g/mol. The molecule has 2 fully saturated rings. The summed E-state index contributed by atoms with van der Waals surface area (Å²) in [5.74, 6) is 2.56. The zero-order chi connectivity index (χ0) is 17.6. The smallest absolute Gasteiger partial charge is 0.229 e. The average Bonchev–Trinajstić information content (AvgIpc) is 3.03. The quantitative estimate of drug-likeness (QED) is 0.852. The van der Waals surface area contributed by atoms with Crippen LogP contribution in [0.4, 0.5) is 0 Å². The number of amides is 1. The fourth-order valence-corrected chi connectivity index (χ4v) is 3.74. The Labute approximate surface area is 147 Å². The third kappa shape index (κ3) is 3.19. The molecule has 2 aromatic rings. The van der Waals surface area contributed by atoms with Crippen molar-refractivity contribution in [3.8, 4) is 0 Å². The van der Waals surface area contributed by atoms with Crippen LogP contribution in [0.3, 0.4) is 0 Å². The van der Waals surface area contributed by atoms with Crippen LogP contribution in [0.25, 0.3) is 0 Å². The lowest BCUT2D eigenvalue weighted by molar-refractivity contribution is -0.133. The summed E-state index contributed by atoms with van der Waals surface area (Å²) < 4.78 is 7.14. The molecule has 3 heterocycles. The Morgan fingerprint density at radius 1 is 1.40 bits per heavy atom. The van der Waals surface area contributed by atoms with Gasteiger partial charge in [0.2, 0.25) is 11.8 Å². The van der Waals surface area contributed by atoms with Crippen LogP contribution in [0.2, 0.25) is 0 Å². The molecule has 1 saturated carbocycles. The topological polar surface area (TPSA) is 77.1 Å². The van der Waals surface area contributed by atoms with E-state index in [1.165, 1.54) is 5.56 Å². The largest absolute Gasteiger partial charge is 0.342 e. The van der Waals surface area contributed by atoms with Gasteiger partial charge in [0.25, 0.3) is 0 Å². The normalized spacial score (nSPS) is 26.2. The first-order valence-corrected chi connectivity index (χ1v) is 9.13. The summed E-state index contributed by atoms with van der Waals surface area (Å²) in [6.45, 7) is 5.62. The summed E-state index contributed by atoms with van der Waals surface area (Å²) in [4.78, 5) is 19.4. The molecule has 0 spiro atoms. The Morgan fingerprint density at radius 2 is 2.24 bits per heavy atom. The van der Waals surface area contributed by atoms with E-state index in [0.29, 0.717) is 18.4 Å². The Bertz CT molecular complexity index is 765. The van der Waals surface area contributed by atoms with Crippen LogP contribution in [-0.4, -0.2) is 43.8 Å². The molecule has 2 aromatic heterocycles. The van der Waals surface area contributed by atoms with Crippen molar-refractivity contribution in [3.63, 3.8) is 0 Å². The second-order valence-electron chi connectivity index (χ2n) is 7.66. The van der Waals surface area contributed by atoms with Crippen LogP contribution in [-0.2, 0) is 11.8 Å². The molecule has 0 aromatic carbocycles. The first kappa shape index (κ1) is 16.3. The molecule has 0 N–H and O–H groups in total. The molecule has 3 atom stereocenters. The molecule has 0 radical (unpaired) electrons. The van der Waals surface area contributed by atoms with E-state index in [9.17, 15) is 4.79 Å². The number of aromatic nitrogens is 4. The highest BCUT2D eigenvalue weighted by Gasteiger charge is 2.47. The summed E-state index contributed by atoms with van der Waals surface area (Å²) in [5, 5.41) is 8.36. The molecule has 7 nitrogen and oxygen atoms in total. The lowest BCUT2D eigenvalue weighted by Crippen LogP contribution is -2.40. The van der Waals surface area contributed by atoms with Crippen LogP contribution in [0.1, 0.15) is 68.1 Å². The maximum atomic E-state index is 12.9. The van der Waals surface area contributed by atoms with Crippen molar-refractivity contribution >= 4 is 5.91 Å². The summed E-state index contributed by atoms with van der Waals surface area (Å²) >= 11 is 0. The maximum absolute atomic E-state index is 12.9. The molecule has 134 valence electrons. The number of piperidine rings is 1. The first-order chi connectivity index (χ1) is 12.0. The van der Waals surface area contributed by atoms with Gasteiger partial charge in [-0.15, -0.1) is 0 Å². The van der Waals surface area contributed by atoms with Crippen molar-refractivity contribution in [2.75, 3.05) is 13.1 Å². The monoisotopic (exact) mass is 343 g/mol. The fourth-order valence-electron chi connectivity index (χ4n) is 3.74. The van der Waals surface area contributed by atoms with Gasteiger partial charge in [0.15, 0.2) is 5.82 Å². The van der Waals surface area contributed by atoms with Crippen LogP contribution in [0.5, 0.6) is 0 Å². The molecule has 1 amide bonds. The van der Waals surface area contributed by atoms with Crippen molar-refractivity contribution in [1.29, 1.82) is 0 Å². The Morgan fingerprint density at radius 3 is 2.92 bits per heavy atom. The van der Waals surface area contributed by atoms with Gasteiger partial charge in [-0.25, -0.2) is 0 Å². The van der Waals surface area contributed by atoms with E-state index in [0.717, 1.165) is 31.6 Å². The number of aryl methyl sites for hydroxylation is 1. The first-order valence-electron chi connectivity index (χ1n) is 9.13. The van der Waals surface area contributed by atoms with Gasteiger partial charge in [-0.1, -0.05) is 19.0 Å². The highest BCUT2D eigenvalue weighted by Crippen LogP contribution is 2.48. The number of rotatable bonds is 4. The van der Waals surface area contributed by atoms with Gasteiger partial charge in [-0.2, -0.15) is 10.1 Å². The Hall–Kier alpha value is -2.18. The molecule has 0 bridgehead atoms. The zero-order valence-corrected chi connectivity index (χ0v) is 15.1. The molecular weight excluding hydrogens is 318 g/mol. The predicted octanol–water partition coefficient (Wildman–Crippen LogP) is 2.44. The third-order valence-electron chi connectivity index (χ3n) is 5.31. The second-order valence-corrected chi connectivity index (χ2v) is 7.66. The standard InChI is InChI=1S/C18H25N5O2/c1-11(2)17-20-16(21-25-17)12-5-4-6-23(10-12)18(24)15-7-14(15)13-8-19-22(3)9-13/h8-9,11-12,14-15H,4-7,10H2,1-3H3. The van der Waals surface area contributed by atoms with Gasteiger partial charge in [-0.3, -0.25) is 9.48 Å². The number of likely N-dealkylation sites (tertiary alicyclic amines) is 1. The van der Waals surface area contributed by atoms with Crippen LogP contribution >= 0.6 is 0 Å². The summed E-state index contributed by atoms with van der Waals surface area (Å²) in [5.41, 5.74) is 1.18. The molecule has 1 aliphatic carbocycles. The number of nitrogens with zero attached hydrogens (tertiary/aromatic N) is 5. The third-order valence-corrected chi connectivity index (χ3v) is 5.31. The number of carbonyl (C=O) groups is 1. The molecule has 7 heteroatoms. The molecule has 3 unspecified atom stereocenters. The summed E-state index contributed by atoms with van der Waals surface area (Å²) in [6, 6.07) is 0. The van der Waals surface area contributed by atoms with E-state index in [4.69, 9.17) is 4.52 Å². The van der Waals surface area contributed by atoms with E-state index in [1.54, 1.807) is 4.68 Å². The minimum atomic E-state index is 0.111. The van der Waals surface area contributed by atoms with E-state index >= 15 is 0 Å². The number of hydrogen-bond acceptors (Lipinski definition) is 5. The Kier molecular flexibility index (Phi) is 4.09. The molecule has 25 heavy (non-hydrogen) atoms. The number of carbonyl (C=O) groups excluding carboxylic acids is 1. The minimum Gasteiger partial charge on any atom is -0.342 e. The summed E-state index contributed by atoms with van der Waals surface area (Å²) in [7, 11) is 1.91. The van der Waals surface area contributed by atoms with Gasteiger partial charge < -0.3 is 9.42 Å².